The van der Waals surface area contributed by atoms with E-state index in [0.717, 1.165) is 6.92 Å². The van der Waals surface area contributed by atoms with Gasteiger partial charge < -0.3 is 15.9 Å². The Kier molecular flexibility index (Phi) is 7.03. The molecule has 0 amide bonds. The molecule has 0 aliphatic rings. The predicted octanol–water partition coefficient (Wildman–Crippen LogP) is -0.633. The van der Waals surface area contributed by atoms with Crippen molar-refractivity contribution in [1.29, 1.82) is 0 Å². The quantitative estimate of drug-likeness (QED) is 0.453. The van der Waals surface area contributed by atoms with Gasteiger partial charge in [0.25, 0.3) is 0 Å². The molecule has 0 aromatic heterocycles. The van der Waals surface area contributed by atoms with E-state index in [4.69, 9.17) is 10.2 Å². The minimum absolute atomic E-state index is 1.12. The minimum Gasteiger partial charge on any atom is -0.481 e. The highest BCUT2D eigenvalue weighted by atomic mass is 16.4. The number of carbonyl (C=O) groups is 2. The van der Waals surface area contributed by atoms with E-state index in [1.807, 2.05) is 0 Å². The zero-order chi connectivity index (χ0) is 8.73. The molecule has 0 bridgehead atoms. The van der Waals surface area contributed by atoms with Crippen molar-refractivity contribution >= 4 is 11.9 Å². The van der Waals surface area contributed by atoms with Gasteiger partial charge in [-0.15, -0.1) is 0 Å². The maximum absolute atomic E-state index is 9.76. The molecule has 0 aliphatic carbocycles. The third-order valence-corrected chi connectivity index (χ3v) is 0.741. The maximum Gasteiger partial charge on any atom is 0.317 e. The zero-order valence-corrected chi connectivity index (χ0v) is 5.87. The molecular weight excluding hydrogens is 138 g/mol. The zero-order valence-electron chi connectivity index (χ0n) is 5.87. The first-order valence-corrected chi connectivity index (χ1v) is 2.59. The molecule has 0 saturated heterocycles. The Labute approximate surface area is 58.5 Å². The Hall–Kier alpha value is -1.10. The van der Waals surface area contributed by atoms with Gasteiger partial charge in [-0.05, 0) is 14.0 Å². The summed E-state index contributed by atoms with van der Waals surface area (Å²) in [5.74, 6) is -3.91. The Bertz CT molecular complexity index is 109. The van der Waals surface area contributed by atoms with Crippen molar-refractivity contribution in [3.05, 3.63) is 0 Å². The van der Waals surface area contributed by atoms with Gasteiger partial charge in [-0.25, -0.2) is 0 Å². The average Bonchev–Trinajstić information content (AvgIpc) is 1.90. The normalized spacial score (nSPS) is 8.00. The molecule has 0 aliphatic heterocycles. The third kappa shape index (κ3) is 5.04. The van der Waals surface area contributed by atoms with E-state index in [1.165, 1.54) is 7.05 Å². The van der Waals surface area contributed by atoms with E-state index in [9.17, 15) is 9.59 Å². The molecular formula is C5H11NO4. The van der Waals surface area contributed by atoms with Gasteiger partial charge in [-0.3, -0.25) is 9.59 Å². The van der Waals surface area contributed by atoms with Gasteiger partial charge >= 0.3 is 11.9 Å². The predicted molar refractivity (Wildman–Crippen MR) is 34.5 cm³/mol. The van der Waals surface area contributed by atoms with Crippen molar-refractivity contribution in [2.75, 3.05) is 7.05 Å². The second-order valence-electron chi connectivity index (χ2n) is 1.40. The summed E-state index contributed by atoms with van der Waals surface area (Å²) < 4.78 is 0. The minimum atomic E-state index is -1.31. The van der Waals surface area contributed by atoms with Crippen LogP contribution in [0.25, 0.3) is 0 Å². The third-order valence-electron chi connectivity index (χ3n) is 0.741. The summed E-state index contributed by atoms with van der Waals surface area (Å²) >= 11 is 0. The molecule has 0 radical (unpaired) electrons. The molecule has 0 fully saturated rings. The molecule has 5 heteroatoms. The molecule has 5 nitrogen and oxygen atoms in total. The summed E-state index contributed by atoms with van der Waals surface area (Å²) in [6.07, 6.45) is 0. The Morgan fingerprint density at radius 2 is 1.40 bits per heavy atom. The topological polar surface area (TPSA) is 101 Å². The number of carboxylic acids is 2. The van der Waals surface area contributed by atoms with E-state index >= 15 is 0 Å². The van der Waals surface area contributed by atoms with E-state index in [1.54, 1.807) is 0 Å². The molecule has 0 aromatic rings. The summed E-state index contributed by atoms with van der Waals surface area (Å²) in [6.45, 7) is 1.12. The second-order valence-corrected chi connectivity index (χ2v) is 1.40. The van der Waals surface area contributed by atoms with E-state index in [-0.39, 0.29) is 0 Å². The summed E-state index contributed by atoms with van der Waals surface area (Å²) in [7, 11) is 1.50. The van der Waals surface area contributed by atoms with Crippen LogP contribution < -0.4 is 5.73 Å². The molecule has 0 saturated carbocycles. The van der Waals surface area contributed by atoms with Crippen molar-refractivity contribution in [2.45, 2.75) is 6.92 Å². The number of carboxylic acid groups (broad SMARTS) is 2. The van der Waals surface area contributed by atoms with Gasteiger partial charge in [-0.2, -0.15) is 0 Å². The van der Waals surface area contributed by atoms with Crippen molar-refractivity contribution < 1.29 is 19.8 Å². The summed E-state index contributed by atoms with van der Waals surface area (Å²) in [5.41, 5.74) is 4.50. The lowest BCUT2D eigenvalue weighted by molar-refractivity contribution is -0.153. The molecule has 60 valence electrons. The van der Waals surface area contributed by atoms with E-state index in [2.05, 4.69) is 5.73 Å². The van der Waals surface area contributed by atoms with Crippen molar-refractivity contribution in [1.82, 2.24) is 0 Å². The lowest BCUT2D eigenvalue weighted by Gasteiger charge is -1.94. The first kappa shape index (κ1) is 11.7. The van der Waals surface area contributed by atoms with Gasteiger partial charge in [-0.1, -0.05) is 0 Å². The average molecular weight is 149 g/mol. The molecule has 0 unspecified atom stereocenters. The van der Waals surface area contributed by atoms with Crippen molar-refractivity contribution in [3.8, 4) is 0 Å². The number of hydrogen-bond acceptors (Lipinski definition) is 3. The molecule has 0 spiro atoms. The monoisotopic (exact) mass is 149 g/mol. The fourth-order valence-electron chi connectivity index (χ4n) is 0.106. The smallest absolute Gasteiger partial charge is 0.317 e. The van der Waals surface area contributed by atoms with Crippen LogP contribution in [0.15, 0.2) is 0 Å². The van der Waals surface area contributed by atoms with Crippen LogP contribution in [0, 0.1) is 5.92 Å². The number of nitrogens with two attached hydrogens (primary N) is 1. The Morgan fingerprint density at radius 1 is 1.20 bits per heavy atom. The highest BCUT2D eigenvalue weighted by Crippen LogP contribution is 1.91. The van der Waals surface area contributed by atoms with Crippen LogP contribution >= 0.6 is 0 Å². The van der Waals surface area contributed by atoms with Crippen LogP contribution in [0.1, 0.15) is 6.92 Å². The molecule has 0 heterocycles. The van der Waals surface area contributed by atoms with Crippen LogP contribution in [0.5, 0.6) is 0 Å². The second kappa shape index (κ2) is 6.03. The first-order valence-electron chi connectivity index (χ1n) is 2.59. The number of aliphatic carboxylic acids is 2. The summed E-state index contributed by atoms with van der Waals surface area (Å²) in [5, 5.41) is 15.9. The van der Waals surface area contributed by atoms with Crippen molar-refractivity contribution in [2.24, 2.45) is 11.7 Å². The fraction of sp³-hybridized carbons (Fsp3) is 0.600. The first-order chi connectivity index (χ1) is 4.55. The standard InChI is InChI=1S/C4H6O4.CH5N/c1-2(3(5)6)4(7)8;1-2/h2H,1H3,(H,5,6)(H,7,8);2H2,1H3. The van der Waals surface area contributed by atoms with Crippen LogP contribution in [-0.4, -0.2) is 29.2 Å². The van der Waals surface area contributed by atoms with Crippen LogP contribution in [0.4, 0.5) is 0 Å². The maximum atomic E-state index is 9.76. The van der Waals surface area contributed by atoms with E-state index < -0.39 is 17.9 Å². The van der Waals surface area contributed by atoms with Gasteiger partial charge in [0.1, 0.15) is 0 Å². The summed E-state index contributed by atoms with van der Waals surface area (Å²) in [4.78, 5) is 19.5. The van der Waals surface area contributed by atoms with Crippen LogP contribution in [0.2, 0.25) is 0 Å². The van der Waals surface area contributed by atoms with E-state index in [0.29, 0.717) is 0 Å². The molecule has 4 N–H and O–H groups in total. The van der Waals surface area contributed by atoms with Gasteiger partial charge in [0.15, 0.2) is 5.92 Å². The highest BCUT2D eigenvalue weighted by molar-refractivity contribution is 5.92. The molecule has 0 rings (SSSR count). The summed E-state index contributed by atoms with van der Waals surface area (Å²) in [6, 6.07) is 0. The van der Waals surface area contributed by atoms with Crippen LogP contribution in [-0.2, 0) is 9.59 Å². The SMILES string of the molecule is CC(C(=O)O)C(=O)O.CN. The number of hydrogen-bond donors (Lipinski definition) is 3. The number of rotatable bonds is 2. The lowest BCUT2D eigenvalue weighted by Crippen LogP contribution is -2.19. The molecule has 0 atom stereocenters. The Morgan fingerprint density at radius 3 is 1.40 bits per heavy atom. The highest BCUT2D eigenvalue weighted by Gasteiger charge is 2.18. The van der Waals surface area contributed by atoms with Gasteiger partial charge in [0.2, 0.25) is 0 Å². The molecule has 0 aromatic carbocycles. The largest absolute Gasteiger partial charge is 0.481 e. The lowest BCUT2D eigenvalue weighted by atomic mass is 10.2. The Balaban J connectivity index is 0. The van der Waals surface area contributed by atoms with Crippen molar-refractivity contribution in [3.63, 3.8) is 0 Å². The van der Waals surface area contributed by atoms with Gasteiger partial charge in [0.05, 0.1) is 0 Å². The van der Waals surface area contributed by atoms with Gasteiger partial charge in [0, 0.05) is 0 Å². The molecule has 10 heavy (non-hydrogen) atoms. The fourth-order valence-corrected chi connectivity index (χ4v) is 0.106. The van der Waals surface area contributed by atoms with Crippen LogP contribution in [0.3, 0.4) is 0 Å².